The highest BCUT2D eigenvalue weighted by Gasteiger charge is 2.09. The van der Waals surface area contributed by atoms with Crippen LogP contribution in [0.5, 0.6) is 0 Å². The van der Waals surface area contributed by atoms with Crippen molar-refractivity contribution in [2.75, 3.05) is 11.1 Å². The molecule has 3 aromatic rings. The Hall–Kier alpha value is -2.63. The summed E-state index contributed by atoms with van der Waals surface area (Å²) in [6, 6.07) is 6.38. The van der Waals surface area contributed by atoms with Crippen LogP contribution in [0.2, 0.25) is 0 Å². The fourth-order valence-corrected chi connectivity index (χ4v) is 2.20. The second-order valence-corrected chi connectivity index (χ2v) is 5.23. The van der Waals surface area contributed by atoms with Gasteiger partial charge in [-0.15, -0.1) is 0 Å². The average Bonchev–Trinajstić information content (AvgIpc) is 2.83. The second-order valence-electron chi connectivity index (χ2n) is 5.23. The third-order valence-electron chi connectivity index (χ3n) is 3.61. The van der Waals surface area contributed by atoms with E-state index in [1.165, 1.54) is 16.7 Å². The van der Waals surface area contributed by atoms with E-state index in [1.54, 1.807) is 6.33 Å². The minimum absolute atomic E-state index is 0.392. The van der Waals surface area contributed by atoms with Crippen molar-refractivity contribution in [2.24, 2.45) is 7.05 Å². The fraction of sp³-hybridized carbons (Fsp3) is 0.267. The number of benzene rings is 1. The molecular weight excluding hydrogens is 264 g/mol. The van der Waals surface area contributed by atoms with E-state index >= 15 is 0 Å². The van der Waals surface area contributed by atoms with Crippen molar-refractivity contribution in [1.29, 1.82) is 0 Å². The molecule has 2 heterocycles. The normalized spacial score (nSPS) is 11.0. The Morgan fingerprint density at radius 1 is 1.19 bits per heavy atom. The summed E-state index contributed by atoms with van der Waals surface area (Å²) >= 11 is 0. The highest BCUT2D eigenvalue weighted by molar-refractivity contribution is 5.82. The number of aryl methyl sites for hydroxylation is 3. The molecular formula is C15H18N6. The van der Waals surface area contributed by atoms with Gasteiger partial charge in [0, 0.05) is 13.6 Å². The van der Waals surface area contributed by atoms with E-state index in [2.05, 4.69) is 52.3 Å². The van der Waals surface area contributed by atoms with Gasteiger partial charge in [-0.1, -0.05) is 18.2 Å². The molecule has 0 saturated carbocycles. The largest absolute Gasteiger partial charge is 0.382 e. The number of rotatable bonds is 3. The molecule has 0 aliphatic rings. The summed E-state index contributed by atoms with van der Waals surface area (Å²) in [7, 11) is 1.88. The minimum atomic E-state index is 0.392. The number of nitrogen functional groups attached to an aromatic ring is 1. The number of fused-ring (bicyclic) bond motifs is 1. The first-order chi connectivity index (χ1) is 10.0. The number of anilines is 2. The number of hydrogen-bond acceptors (Lipinski definition) is 5. The molecule has 0 saturated heterocycles. The van der Waals surface area contributed by atoms with Crippen LogP contribution in [0, 0.1) is 13.8 Å². The van der Waals surface area contributed by atoms with Crippen molar-refractivity contribution < 1.29 is 0 Å². The Morgan fingerprint density at radius 2 is 2.00 bits per heavy atom. The summed E-state index contributed by atoms with van der Waals surface area (Å²) in [4.78, 5) is 12.9. The maximum atomic E-state index is 5.92. The van der Waals surface area contributed by atoms with Gasteiger partial charge >= 0.3 is 0 Å². The van der Waals surface area contributed by atoms with Crippen LogP contribution >= 0.6 is 0 Å². The quantitative estimate of drug-likeness (QED) is 0.769. The molecule has 6 heteroatoms. The van der Waals surface area contributed by atoms with E-state index in [1.807, 2.05) is 11.6 Å². The monoisotopic (exact) mass is 282 g/mol. The molecule has 108 valence electrons. The van der Waals surface area contributed by atoms with Crippen LogP contribution in [-0.4, -0.2) is 19.5 Å². The number of nitrogens with one attached hydrogen (secondary N) is 1. The lowest BCUT2D eigenvalue weighted by Crippen LogP contribution is -2.07. The van der Waals surface area contributed by atoms with Crippen LogP contribution < -0.4 is 11.1 Å². The standard InChI is InChI=1S/C15H18N6/c1-9-4-5-11(6-10(9)2)7-17-15-19-13(16)12-14(20-15)21(3)8-18-12/h4-6,8H,7H2,1-3H3,(H3,16,17,19,20). The van der Waals surface area contributed by atoms with Gasteiger partial charge in [-0.05, 0) is 30.5 Å². The van der Waals surface area contributed by atoms with Crippen LogP contribution in [-0.2, 0) is 13.6 Å². The Labute approximate surface area is 123 Å². The molecule has 0 spiro atoms. The lowest BCUT2D eigenvalue weighted by Gasteiger charge is -2.08. The van der Waals surface area contributed by atoms with Crippen LogP contribution in [0.3, 0.4) is 0 Å². The SMILES string of the molecule is Cc1ccc(CNc2nc(N)c3ncn(C)c3n2)cc1C. The van der Waals surface area contributed by atoms with Crippen LogP contribution in [0.25, 0.3) is 11.2 Å². The Kier molecular flexibility index (Phi) is 3.21. The molecule has 3 N–H and O–H groups in total. The van der Waals surface area contributed by atoms with Crippen molar-refractivity contribution in [3.8, 4) is 0 Å². The van der Waals surface area contributed by atoms with E-state index < -0.39 is 0 Å². The number of nitrogens with zero attached hydrogens (tertiary/aromatic N) is 4. The van der Waals surface area contributed by atoms with Crippen molar-refractivity contribution in [1.82, 2.24) is 19.5 Å². The highest BCUT2D eigenvalue weighted by atomic mass is 15.2. The maximum absolute atomic E-state index is 5.92. The smallest absolute Gasteiger partial charge is 0.227 e. The fourth-order valence-electron chi connectivity index (χ4n) is 2.20. The van der Waals surface area contributed by atoms with E-state index in [0.29, 0.717) is 23.8 Å². The summed E-state index contributed by atoms with van der Waals surface area (Å²) in [5.41, 5.74) is 11.0. The molecule has 0 radical (unpaired) electrons. The van der Waals surface area contributed by atoms with E-state index in [9.17, 15) is 0 Å². The molecule has 0 unspecified atom stereocenters. The van der Waals surface area contributed by atoms with Gasteiger partial charge in [0.05, 0.1) is 6.33 Å². The van der Waals surface area contributed by atoms with Gasteiger partial charge in [-0.25, -0.2) is 4.98 Å². The molecule has 6 nitrogen and oxygen atoms in total. The molecule has 0 aliphatic carbocycles. The molecule has 0 amide bonds. The summed E-state index contributed by atoms with van der Waals surface area (Å²) in [5, 5.41) is 3.21. The molecule has 3 rings (SSSR count). The topological polar surface area (TPSA) is 81.6 Å². The first-order valence-electron chi connectivity index (χ1n) is 6.79. The molecule has 0 bridgehead atoms. The molecule has 0 aliphatic heterocycles. The number of aromatic nitrogens is 4. The molecule has 0 fully saturated rings. The van der Waals surface area contributed by atoms with Gasteiger partial charge in [-0.3, -0.25) is 0 Å². The number of imidazole rings is 1. The lowest BCUT2D eigenvalue weighted by atomic mass is 10.1. The van der Waals surface area contributed by atoms with Gasteiger partial charge in [0.2, 0.25) is 5.95 Å². The van der Waals surface area contributed by atoms with Crippen LogP contribution in [0.4, 0.5) is 11.8 Å². The second kappa shape index (κ2) is 5.05. The summed E-state index contributed by atoms with van der Waals surface area (Å²) in [6.07, 6.45) is 1.68. The van der Waals surface area contributed by atoms with E-state index in [4.69, 9.17) is 5.73 Å². The third kappa shape index (κ3) is 2.52. The Balaban J connectivity index is 1.84. The van der Waals surface area contributed by atoms with Gasteiger partial charge in [0.25, 0.3) is 0 Å². The zero-order valence-corrected chi connectivity index (χ0v) is 12.4. The zero-order chi connectivity index (χ0) is 15.0. The Morgan fingerprint density at radius 3 is 2.76 bits per heavy atom. The summed E-state index contributed by atoms with van der Waals surface area (Å²) in [5.74, 6) is 0.907. The van der Waals surface area contributed by atoms with Gasteiger partial charge < -0.3 is 15.6 Å². The Bertz CT molecular complexity index is 805. The van der Waals surface area contributed by atoms with Gasteiger partial charge in [-0.2, -0.15) is 9.97 Å². The van der Waals surface area contributed by atoms with Crippen molar-refractivity contribution in [3.05, 3.63) is 41.2 Å². The van der Waals surface area contributed by atoms with Gasteiger partial charge in [0.1, 0.15) is 5.52 Å². The summed E-state index contributed by atoms with van der Waals surface area (Å²) < 4.78 is 1.83. The van der Waals surface area contributed by atoms with Gasteiger partial charge in [0.15, 0.2) is 11.5 Å². The summed E-state index contributed by atoms with van der Waals surface area (Å²) in [6.45, 7) is 4.87. The van der Waals surface area contributed by atoms with Crippen LogP contribution in [0.15, 0.2) is 24.5 Å². The molecule has 21 heavy (non-hydrogen) atoms. The van der Waals surface area contributed by atoms with Crippen molar-refractivity contribution >= 4 is 22.9 Å². The van der Waals surface area contributed by atoms with E-state index in [0.717, 1.165) is 5.65 Å². The van der Waals surface area contributed by atoms with Crippen LogP contribution in [0.1, 0.15) is 16.7 Å². The maximum Gasteiger partial charge on any atom is 0.227 e. The first-order valence-corrected chi connectivity index (χ1v) is 6.79. The number of nitrogens with two attached hydrogens (primary N) is 1. The lowest BCUT2D eigenvalue weighted by molar-refractivity contribution is 0.926. The first kappa shape index (κ1) is 13.4. The highest BCUT2D eigenvalue weighted by Crippen LogP contribution is 2.18. The predicted molar refractivity (Wildman–Crippen MR) is 84.0 cm³/mol. The number of hydrogen-bond donors (Lipinski definition) is 2. The molecule has 1 aromatic carbocycles. The van der Waals surface area contributed by atoms with E-state index in [-0.39, 0.29) is 0 Å². The zero-order valence-electron chi connectivity index (χ0n) is 12.4. The predicted octanol–water partition coefficient (Wildman–Crippen LogP) is 2.17. The third-order valence-corrected chi connectivity index (χ3v) is 3.61. The van der Waals surface area contributed by atoms with Crippen molar-refractivity contribution in [3.63, 3.8) is 0 Å². The molecule has 2 aromatic heterocycles. The molecule has 0 atom stereocenters. The average molecular weight is 282 g/mol. The minimum Gasteiger partial charge on any atom is -0.382 e. The van der Waals surface area contributed by atoms with Crippen molar-refractivity contribution in [2.45, 2.75) is 20.4 Å².